The Morgan fingerprint density at radius 3 is 3.00 bits per heavy atom. The molecule has 1 spiro atoms. The molecule has 2 heterocycles. The zero-order chi connectivity index (χ0) is 9.60. The second-order valence-electron chi connectivity index (χ2n) is 3.90. The summed E-state index contributed by atoms with van der Waals surface area (Å²) < 4.78 is 6.89. The van der Waals surface area contributed by atoms with Crippen molar-refractivity contribution in [1.29, 1.82) is 0 Å². The van der Waals surface area contributed by atoms with Gasteiger partial charge in [0.2, 0.25) is 5.88 Å². The van der Waals surface area contributed by atoms with Crippen LogP contribution in [0.25, 0.3) is 6.08 Å². The second kappa shape index (κ2) is 2.83. The number of hydrogen-bond acceptors (Lipinski definition) is 2. The monoisotopic (exact) mass is 251 g/mol. The van der Waals surface area contributed by atoms with Crippen molar-refractivity contribution in [1.82, 2.24) is 4.98 Å². The van der Waals surface area contributed by atoms with Crippen LogP contribution in [0.4, 0.5) is 0 Å². The third-order valence-corrected chi connectivity index (χ3v) is 3.35. The van der Waals surface area contributed by atoms with Crippen LogP contribution < -0.4 is 4.74 Å². The lowest BCUT2D eigenvalue weighted by molar-refractivity contribution is 0.0336. The quantitative estimate of drug-likeness (QED) is 0.707. The highest BCUT2D eigenvalue weighted by Crippen LogP contribution is 2.42. The van der Waals surface area contributed by atoms with Gasteiger partial charge in [-0.3, -0.25) is 0 Å². The molecule has 0 bridgehead atoms. The van der Waals surface area contributed by atoms with E-state index in [2.05, 4.69) is 33.1 Å². The number of halogens is 1. The Bertz CT molecular complexity index is 410. The topological polar surface area (TPSA) is 22.1 Å². The molecule has 0 saturated heterocycles. The van der Waals surface area contributed by atoms with Gasteiger partial charge in [-0.1, -0.05) is 0 Å². The number of rotatable bonds is 0. The van der Waals surface area contributed by atoms with Crippen molar-refractivity contribution in [3.63, 3.8) is 0 Å². The van der Waals surface area contributed by atoms with E-state index in [9.17, 15) is 0 Å². The molecule has 0 N–H and O–H groups in total. The molecular formula is C11H10BrNO. The Morgan fingerprint density at radius 1 is 1.43 bits per heavy atom. The average Bonchev–Trinajstić information content (AvgIpc) is 2.15. The lowest BCUT2D eigenvalue weighted by Crippen LogP contribution is -2.42. The third kappa shape index (κ3) is 1.19. The number of fused-ring (bicyclic) bond motifs is 1. The van der Waals surface area contributed by atoms with Gasteiger partial charge in [-0.2, -0.15) is 0 Å². The van der Waals surface area contributed by atoms with E-state index >= 15 is 0 Å². The van der Waals surface area contributed by atoms with Gasteiger partial charge in [0.1, 0.15) is 5.60 Å². The van der Waals surface area contributed by atoms with E-state index in [0.29, 0.717) is 0 Å². The van der Waals surface area contributed by atoms with Crippen LogP contribution in [-0.2, 0) is 0 Å². The van der Waals surface area contributed by atoms with Gasteiger partial charge in [-0.25, -0.2) is 4.98 Å². The van der Waals surface area contributed by atoms with Gasteiger partial charge in [0.25, 0.3) is 0 Å². The molecule has 0 unspecified atom stereocenters. The number of ether oxygens (including phenoxy) is 1. The van der Waals surface area contributed by atoms with E-state index in [1.54, 1.807) is 6.20 Å². The van der Waals surface area contributed by atoms with Gasteiger partial charge in [0.05, 0.1) is 0 Å². The molecule has 0 atom stereocenters. The standard InChI is InChI=1S/C11H10BrNO/c12-9-6-8-2-5-11(3-1-4-11)14-10(8)13-7-9/h2,5-7H,1,3-4H2. The van der Waals surface area contributed by atoms with Gasteiger partial charge < -0.3 is 4.74 Å². The van der Waals surface area contributed by atoms with Crippen molar-refractivity contribution in [3.8, 4) is 5.88 Å². The van der Waals surface area contributed by atoms with Crippen LogP contribution >= 0.6 is 15.9 Å². The number of aromatic nitrogens is 1. The summed E-state index contributed by atoms with van der Waals surface area (Å²) in [6, 6.07) is 2.03. The first-order valence-electron chi connectivity index (χ1n) is 4.81. The first kappa shape index (κ1) is 8.48. The van der Waals surface area contributed by atoms with Crippen molar-refractivity contribution >= 4 is 22.0 Å². The zero-order valence-electron chi connectivity index (χ0n) is 7.66. The molecule has 0 amide bonds. The van der Waals surface area contributed by atoms with Crippen molar-refractivity contribution < 1.29 is 4.74 Å². The van der Waals surface area contributed by atoms with E-state index < -0.39 is 0 Å². The number of nitrogens with zero attached hydrogens (tertiary/aromatic N) is 1. The minimum absolute atomic E-state index is 0.0200. The molecule has 1 saturated carbocycles. The molecular weight excluding hydrogens is 242 g/mol. The SMILES string of the molecule is Brc1cnc2c(c1)C=CC1(CCC1)O2. The van der Waals surface area contributed by atoms with Crippen molar-refractivity contribution in [2.24, 2.45) is 0 Å². The first-order chi connectivity index (χ1) is 6.77. The van der Waals surface area contributed by atoms with Crippen LogP contribution in [0.5, 0.6) is 5.88 Å². The summed E-state index contributed by atoms with van der Waals surface area (Å²) in [5, 5.41) is 0. The molecule has 0 aromatic carbocycles. The van der Waals surface area contributed by atoms with Crippen LogP contribution in [0, 0.1) is 0 Å². The highest BCUT2D eigenvalue weighted by atomic mass is 79.9. The van der Waals surface area contributed by atoms with Gasteiger partial charge in [-0.05, 0) is 53.4 Å². The third-order valence-electron chi connectivity index (χ3n) is 2.91. The maximum absolute atomic E-state index is 5.89. The largest absolute Gasteiger partial charge is 0.466 e. The summed E-state index contributed by atoms with van der Waals surface area (Å²) in [7, 11) is 0. The molecule has 2 nitrogen and oxygen atoms in total. The molecule has 72 valence electrons. The molecule has 1 aromatic heterocycles. The van der Waals surface area contributed by atoms with Gasteiger partial charge in [0, 0.05) is 16.2 Å². The van der Waals surface area contributed by atoms with Crippen molar-refractivity contribution in [3.05, 3.63) is 28.4 Å². The average molecular weight is 252 g/mol. The Balaban J connectivity index is 2.02. The van der Waals surface area contributed by atoms with Gasteiger partial charge in [-0.15, -0.1) is 0 Å². The fourth-order valence-corrected chi connectivity index (χ4v) is 2.26. The Morgan fingerprint density at radius 2 is 2.29 bits per heavy atom. The van der Waals surface area contributed by atoms with Crippen LogP contribution in [0.3, 0.4) is 0 Å². The number of hydrogen-bond donors (Lipinski definition) is 0. The van der Waals surface area contributed by atoms with E-state index in [1.807, 2.05) is 6.07 Å². The van der Waals surface area contributed by atoms with Crippen LogP contribution in [0.1, 0.15) is 24.8 Å². The van der Waals surface area contributed by atoms with Crippen LogP contribution in [-0.4, -0.2) is 10.6 Å². The maximum Gasteiger partial charge on any atom is 0.221 e. The second-order valence-corrected chi connectivity index (χ2v) is 4.82. The van der Waals surface area contributed by atoms with Gasteiger partial charge in [0.15, 0.2) is 0 Å². The fourth-order valence-electron chi connectivity index (χ4n) is 1.91. The summed E-state index contributed by atoms with van der Waals surface area (Å²) >= 11 is 3.40. The minimum Gasteiger partial charge on any atom is -0.466 e. The zero-order valence-corrected chi connectivity index (χ0v) is 9.25. The van der Waals surface area contributed by atoms with E-state index in [-0.39, 0.29) is 5.60 Å². The van der Waals surface area contributed by atoms with E-state index in [0.717, 1.165) is 28.8 Å². The summed E-state index contributed by atoms with van der Waals surface area (Å²) in [6.07, 6.45) is 9.59. The molecule has 3 heteroatoms. The van der Waals surface area contributed by atoms with E-state index in [4.69, 9.17) is 4.74 Å². The highest BCUT2D eigenvalue weighted by molar-refractivity contribution is 9.10. The van der Waals surface area contributed by atoms with Crippen molar-refractivity contribution in [2.75, 3.05) is 0 Å². The summed E-state index contributed by atoms with van der Waals surface area (Å²) in [6.45, 7) is 0. The predicted octanol–water partition coefficient (Wildman–Crippen LogP) is 3.17. The lowest BCUT2D eigenvalue weighted by atomic mass is 9.78. The normalized spacial score (nSPS) is 21.2. The molecule has 1 aliphatic carbocycles. The smallest absolute Gasteiger partial charge is 0.221 e. The summed E-state index contributed by atoms with van der Waals surface area (Å²) in [5.41, 5.74) is 1.05. The number of pyridine rings is 1. The molecule has 1 aliphatic heterocycles. The Kier molecular flexibility index (Phi) is 1.71. The van der Waals surface area contributed by atoms with Crippen LogP contribution in [0.15, 0.2) is 22.8 Å². The lowest BCUT2D eigenvalue weighted by Gasteiger charge is -2.41. The Labute approximate surface area is 91.1 Å². The molecule has 3 rings (SSSR count). The fraction of sp³-hybridized carbons (Fsp3) is 0.364. The molecule has 14 heavy (non-hydrogen) atoms. The Hall–Kier alpha value is -0.830. The predicted molar refractivity (Wildman–Crippen MR) is 58.2 cm³/mol. The van der Waals surface area contributed by atoms with Crippen LogP contribution in [0.2, 0.25) is 0 Å². The summed E-state index contributed by atoms with van der Waals surface area (Å²) in [4.78, 5) is 4.28. The molecule has 1 fully saturated rings. The van der Waals surface area contributed by atoms with Gasteiger partial charge >= 0.3 is 0 Å². The summed E-state index contributed by atoms with van der Waals surface area (Å²) in [5.74, 6) is 0.774. The van der Waals surface area contributed by atoms with E-state index in [1.165, 1.54) is 6.42 Å². The molecule has 1 aromatic rings. The molecule has 0 radical (unpaired) electrons. The first-order valence-corrected chi connectivity index (χ1v) is 5.61. The highest BCUT2D eigenvalue weighted by Gasteiger charge is 2.39. The maximum atomic E-state index is 5.89. The minimum atomic E-state index is -0.0200. The molecule has 2 aliphatic rings. The van der Waals surface area contributed by atoms with Crippen molar-refractivity contribution in [2.45, 2.75) is 24.9 Å².